The third-order valence-corrected chi connectivity index (χ3v) is 10.9. The Kier molecular flexibility index (Phi) is 13.0. The molecule has 3 aromatic carbocycles. The van der Waals surface area contributed by atoms with Crippen molar-refractivity contribution in [3.05, 3.63) is 102 Å². The summed E-state index contributed by atoms with van der Waals surface area (Å²) in [6.45, 7) is 6.04. The van der Waals surface area contributed by atoms with Gasteiger partial charge in [-0.05, 0) is 60.9 Å². The number of aliphatic hydroxyl groups is 1. The summed E-state index contributed by atoms with van der Waals surface area (Å²) in [5.74, 6) is -1.68. The van der Waals surface area contributed by atoms with E-state index in [9.17, 15) is 27.9 Å². The summed E-state index contributed by atoms with van der Waals surface area (Å²) < 4.78 is 27.4. The van der Waals surface area contributed by atoms with Gasteiger partial charge in [-0.2, -0.15) is 0 Å². The van der Waals surface area contributed by atoms with Crippen LogP contribution in [0.15, 0.2) is 84.9 Å². The van der Waals surface area contributed by atoms with Gasteiger partial charge in [-0.15, -0.1) is 0 Å². The number of benzene rings is 3. The number of aliphatic hydroxyl groups excluding tert-OH is 1. The molecule has 1 aliphatic rings. The normalized spacial score (nSPS) is 16.0. The molecule has 3 atom stereocenters. The third-order valence-electron chi connectivity index (χ3n) is 9.18. The van der Waals surface area contributed by atoms with E-state index in [4.69, 9.17) is 0 Å². The monoisotopic (exact) mass is 690 g/mol. The molecule has 0 spiro atoms. The van der Waals surface area contributed by atoms with Crippen molar-refractivity contribution in [2.24, 2.45) is 11.8 Å². The Morgan fingerprint density at radius 2 is 1.47 bits per heavy atom. The molecule has 0 aliphatic heterocycles. The first-order chi connectivity index (χ1) is 23.3. The number of nitrogens with one attached hydrogen (secondary N) is 3. The van der Waals surface area contributed by atoms with Crippen LogP contribution in [0, 0.1) is 11.8 Å². The summed E-state index contributed by atoms with van der Waals surface area (Å²) in [5.41, 5.74) is 1.21. The van der Waals surface area contributed by atoms with Gasteiger partial charge in [0.1, 0.15) is 5.54 Å². The van der Waals surface area contributed by atoms with Gasteiger partial charge >= 0.3 is 0 Å². The molecule has 1 fully saturated rings. The van der Waals surface area contributed by atoms with Crippen molar-refractivity contribution < 1.29 is 27.9 Å². The number of nitrogens with zero attached hydrogens (tertiary/aromatic N) is 1. The van der Waals surface area contributed by atoms with Crippen molar-refractivity contribution in [1.29, 1.82) is 0 Å². The van der Waals surface area contributed by atoms with Crippen LogP contribution < -0.4 is 20.3 Å². The second-order valence-electron chi connectivity index (χ2n) is 13.6. The predicted molar refractivity (Wildman–Crippen MR) is 192 cm³/mol. The van der Waals surface area contributed by atoms with E-state index in [0.717, 1.165) is 22.7 Å². The minimum atomic E-state index is -3.72. The molecule has 0 aromatic heterocycles. The number of hydrogen-bond acceptors (Lipinski definition) is 6. The first kappa shape index (κ1) is 37.6. The lowest BCUT2D eigenvalue weighted by Crippen LogP contribution is -2.58. The van der Waals surface area contributed by atoms with E-state index in [2.05, 4.69) is 16.0 Å². The van der Waals surface area contributed by atoms with E-state index < -0.39 is 39.5 Å². The molecule has 0 radical (unpaired) electrons. The van der Waals surface area contributed by atoms with Crippen LogP contribution in [-0.2, 0) is 31.9 Å². The van der Waals surface area contributed by atoms with Crippen LogP contribution in [0.5, 0.6) is 0 Å². The summed E-state index contributed by atoms with van der Waals surface area (Å²) in [6, 6.07) is 24.2. The number of carbonyl (C=O) groups is 3. The predicted octanol–water partition coefficient (Wildman–Crippen LogP) is 4.93. The molecule has 264 valence electrons. The van der Waals surface area contributed by atoms with E-state index >= 15 is 0 Å². The van der Waals surface area contributed by atoms with Gasteiger partial charge in [-0.1, -0.05) is 100 Å². The van der Waals surface area contributed by atoms with Gasteiger partial charge in [0.25, 0.3) is 5.91 Å². The molecule has 0 bridgehead atoms. The molecule has 10 nitrogen and oxygen atoms in total. The van der Waals surface area contributed by atoms with Crippen molar-refractivity contribution >= 4 is 33.4 Å². The molecule has 0 heterocycles. The van der Waals surface area contributed by atoms with Gasteiger partial charge in [0.15, 0.2) is 0 Å². The summed E-state index contributed by atoms with van der Waals surface area (Å²) in [7, 11) is -2.27. The molecule has 0 saturated heterocycles. The topological polar surface area (TPSA) is 145 Å². The first-order valence-electron chi connectivity index (χ1n) is 17.0. The highest BCUT2D eigenvalue weighted by atomic mass is 32.2. The fraction of sp³-hybridized carbons (Fsp3) is 0.447. The summed E-state index contributed by atoms with van der Waals surface area (Å²) in [4.78, 5) is 40.3. The Labute approximate surface area is 290 Å². The third kappa shape index (κ3) is 10.4. The molecule has 49 heavy (non-hydrogen) atoms. The summed E-state index contributed by atoms with van der Waals surface area (Å²) >= 11 is 0. The molecule has 4 N–H and O–H groups in total. The molecule has 11 heteroatoms. The van der Waals surface area contributed by atoms with Gasteiger partial charge in [0.2, 0.25) is 21.8 Å². The van der Waals surface area contributed by atoms with Crippen LogP contribution in [0.2, 0.25) is 0 Å². The van der Waals surface area contributed by atoms with E-state index in [1.54, 1.807) is 49.4 Å². The lowest BCUT2D eigenvalue weighted by molar-refractivity contribution is -0.135. The van der Waals surface area contributed by atoms with Crippen LogP contribution in [0.1, 0.15) is 80.8 Å². The number of anilines is 1. The fourth-order valence-electron chi connectivity index (χ4n) is 6.28. The fourth-order valence-corrected chi connectivity index (χ4v) is 7.53. The standard InChI is InChI=1S/C38H50N4O6S/c1-27(2)22-33(40-36(45)31-18-13-19-32(24-31)42(4)49(47,48)26-30-16-9-6-10-17-30)34(43)23-28(3)35(44)41-38(20-11-12-21-38)37(46)39-25-29-14-7-5-8-15-29/h5-10,13-19,24,27-28,33-34,43H,11-12,20-23,25-26H2,1-4H3,(H,39,46)(H,40,45)(H,41,44)/t28-,33+,34-/m1/s1. The van der Waals surface area contributed by atoms with Gasteiger partial charge in [-0.25, -0.2) is 8.42 Å². The Balaban J connectivity index is 1.39. The molecule has 3 aromatic rings. The second kappa shape index (κ2) is 16.9. The van der Waals surface area contributed by atoms with Crippen LogP contribution in [0.3, 0.4) is 0 Å². The largest absolute Gasteiger partial charge is 0.391 e. The minimum Gasteiger partial charge on any atom is -0.391 e. The van der Waals surface area contributed by atoms with E-state index in [1.807, 2.05) is 50.2 Å². The van der Waals surface area contributed by atoms with Crippen LogP contribution in [0.25, 0.3) is 0 Å². The molecule has 1 saturated carbocycles. The highest BCUT2D eigenvalue weighted by Gasteiger charge is 2.43. The first-order valence-corrected chi connectivity index (χ1v) is 18.6. The van der Waals surface area contributed by atoms with Crippen LogP contribution in [-0.4, -0.2) is 56.0 Å². The maximum absolute atomic E-state index is 13.5. The lowest BCUT2D eigenvalue weighted by Gasteiger charge is -2.32. The number of amides is 3. The number of rotatable bonds is 16. The Bertz CT molecular complexity index is 1660. The van der Waals surface area contributed by atoms with Crippen molar-refractivity contribution in [3.63, 3.8) is 0 Å². The maximum Gasteiger partial charge on any atom is 0.251 e. The van der Waals surface area contributed by atoms with Crippen molar-refractivity contribution in [2.45, 2.75) is 89.3 Å². The number of carbonyl (C=O) groups excluding carboxylic acids is 3. The zero-order valence-corrected chi connectivity index (χ0v) is 29.7. The molecule has 0 unspecified atom stereocenters. The molecule has 1 aliphatic carbocycles. The van der Waals surface area contributed by atoms with Gasteiger partial charge < -0.3 is 21.1 Å². The Hall–Kier alpha value is -4.22. The molecule has 3 amide bonds. The number of hydrogen-bond donors (Lipinski definition) is 4. The second-order valence-corrected chi connectivity index (χ2v) is 15.6. The quantitative estimate of drug-likeness (QED) is 0.168. The highest BCUT2D eigenvalue weighted by Crippen LogP contribution is 2.31. The van der Waals surface area contributed by atoms with Crippen LogP contribution >= 0.6 is 0 Å². The average molecular weight is 691 g/mol. The Morgan fingerprint density at radius 1 is 0.857 bits per heavy atom. The van der Waals surface area contributed by atoms with Crippen molar-refractivity contribution in [2.75, 3.05) is 11.4 Å². The average Bonchev–Trinajstić information content (AvgIpc) is 3.56. The zero-order valence-electron chi connectivity index (χ0n) is 28.9. The lowest BCUT2D eigenvalue weighted by atomic mass is 9.90. The summed E-state index contributed by atoms with van der Waals surface area (Å²) in [6.07, 6.45) is 2.23. The van der Waals surface area contributed by atoms with Gasteiger partial charge in [0, 0.05) is 25.1 Å². The van der Waals surface area contributed by atoms with Crippen molar-refractivity contribution in [3.8, 4) is 0 Å². The smallest absolute Gasteiger partial charge is 0.251 e. The maximum atomic E-state index is 13.5. The van der Waals surface area contributed by atoms with Crippen LogP contribution in [0.4, 0.5) is 5.69 Å². The van der Waals surface area contributed by atoms with E-state index in [1.165, 1.54) is 13.1 Å². The molecule has 4 rings (SSSR count). The van der Waals surface area contributed by atoms with E-state index in [-0.39, 0.29) is 35.5 Å². The number of sulfonamides is 1. The minimum absolute atomic E-state index is 0.0751. The van der Waals surface area contributed by atoms with E-state index in [0.29, 0.717) is 37.1 Å². The van der Waals surface area contributed by atoms with Gasteiger partial charge in [0.05, 0.1) is 23.6 Å². The highest BCUT2D eigenvalue weighted by molar-refractivity contribution is 7.92. The van der Waals surface area contributed by atoms with Crippen molar-refractivity contribution in [1.82, 2.24) is 16.0 Å². The zero-order chi connectivity index (χ0) is 35.6. The SMILES string of the molecule is CC(C)C[C@H](NC(=O)c1cccc(N(C)S(=O)(=O)Cc2ccccc2)c1)[C@H](O)C[C@@H](C)C(=O)NC1(C(=O)NCc2ccccc2)CCCC1. The molecular weight excluding hydrogens is 641 g/mol. The summed E-state index contributed by atoms with van der Waals surface area (Å²) in [5, 5.41) is 20.3. The molecular formula is C38H50N4O6S. The Morgan fingerprint density at radius 3 is 2.08 bits per heavy atom. The van der Waals surface area contributed by atoms with Gasteiger partial charge in [-0.3, -0.25) is 18.7 Å².